The first-order valence-electron chi connectivity index (χ1n) is 8.66. The minimum atomic E-state index is -0.590. The van der Waals surface area contributed by atoms with Crippen molar-refractivity contribution in [3.8, 4) is 0 Å². The van der Waals surface area contributed by atoms with Crippen molar-refractivity contribution in [2.24, 2.45) is 0 Å². The number of nitrogens with one attached hydrogen (secondary N) is 2. The van der Waals surface area contributed by atoms with Gasteiger partial charge >= 0.3 is 0 Å². The molecule has 1 saturated heterocycles. The summed E-state index contributed by atoms with van der Waals surface area (Å²) >= 11 is 6.49. The normalized spacial score (nSPS) is 16.2. The lowest BCUT2D eigenvalue weighted by Crippen LogP contribution is -2.43. The highest BCUT2D eigenvalue weighted by Gasteiger charge is 2.38. The third kappa shape index (κ3) is 4.96. The first kappa shape index (κ1) is 20.0. The van der Waals surface area contributed by atoms with Crippen molar-refractivity contribution in [1.29, 1.82) is 0 Å². The summed E-state index contributed by atoms with van der Waals surface area (Å²) in [5.41, 5.74) is 7.16. The van der Waals surface area contributed by atoms with Crippen LogP contribution in [0.4, 0.5) is 0 Å². The quantitative estimate of drug-likeness (QED) is 0.582. The molecule has 3 amide bonds. The van der Waals surface area contributed by atoms with Crippen LogP contribution in [0, 0.1) is 6.92 Å². The molecule has 3 rings (SSSR count). The minimum absolute atomic E-state index is 0.0664. The van der Waals surface area contributed by atoms with Crippen LogP contribution in [0.2, 0.25) is 0 Å². The van der Waals surface area contributed by atoms with Gasteiger partial charge in [-0.2, -0.15) is 0 Å². The summed E-state index contributed by atoms with van der Waals surface area (Å²) in [4.78, 5) is 38.3. The topological polar surface area (TPSA) is 78.5 Å². The smallest absolute Gasteiger partial charge is 0.269 e. The zero-order valence-electron chi connectivity index (χ0n) is 15.2. The summed E-state index contributed by atoms with van der Waals surface area (Å²) in [6, 6.07) is 16.5. The molecule has 0 aromatic heterocycles. The number of hydrogen-bond donors (Lipinski definition) is 2. The van der Waals surface area contributed by atoms with Crippen molar-refractivity contribution in [3.63, 3.8) is 0 Å². The second-order valence-corrected chi connectivity index (χ2v) is 8.19. The van der Waals surface area contributed by atoms with E-state index in [1.54, 1.807) is 12.1 Å². The van der Waals surface area contributed by atoms with Gasteiger partial charge in [0.15, 0.2) is 0 Å². The summed E-state index contributed by atoms with van der Waals surface area (Å²) in [5.74, 6) is -1.06. The fourth-order valence-corrected chi connectivity index (χ4v) is 4.15. The van der Waals surface area contributed by atoms with E-state index in [1.165, 1.54) is 16.7 Å². The maximum atomic E-state index is 12.6. The minimum Gasteiger partial charge on any atom is -0.292 e. The van der Waals surface area contributed by atoms with E-state index < -0.39 is 17.1 Å². The highest BCUT2D eigenvalue weighted by atomic mass is 32.2. The Kier molecular flexibility index (Phi) is 6.43. The lowest BCUT2D eigenvalue weighted by atomic mass is 10.1. The van der Waals surface area contributed by atoms with Crippen LogP contribution in [0.15, 0.2) is 54.6 Å². The van der Waals surface area contributed by atoms with E-state index in [-0.39, 0.29) is 12.3 Å². The molecule has 0 saturated carbocycles. The number of amides is 3. The number of hydrazine groups is 1. The predicted octanol–water partition coefficient (Wildman–Crippen LogP) is 2.58. The molecule has 2 aromatic carbocycles. The Morgan fingerprint density at radius 1 is 1.07 bits per heavy atom. The van der Waals surface area contributed by atoms with Crippen molar-refractivity contribution >= 4 is 46.0 Å². The summed E-state index contributed by atoms with van der Waals surface area (Å²) < 4.78 is 0.454. The van der Waals surface area contributed by atoms with Crippen LogP contribution in [-0.4, -0.2) is 32.2 Å². The van der Waals surface area contributed by atoms with Crippen LogP contribution in [0.25, 0.3) is 0 Å². The third-order valence-corrected chi connectivity index (χ3v) is 5.77. The summed E-state index contributed by atoms with van der Waals surface area (Å²) in [5, 5.41) is -0.590. The maximum absolute atomic E-state index is 12.6. The van der Waals surface area contributed by atoms with Gasteiger partial charge in [0.2, 0.25) is 11.8 Å². The number of aryl methyl sites for hydroxylation is 1. The fraction of sp³-hybridized carbons (Fsp3) is 0.200. The molecule has 1 aliphatic heterocycles. The first-order valence-corrected chi connectivity index (χ1v) is 9.94. The zero-order valence-corrected chi connectivity index (χ0v) is 16.8. The monoisotopic (exact) mass is 413 g/mol. The number of benzene rings is 2. The zero-order chi connectivity index (χ0) is 20.1. The van der Waals surface area contributed by atoms with Gasteiger partial charge in [-0.05, 0) is 24.6 Å². The number of rotatable bonds is 5. The third-order valence-electron chi connectivity index (χ3n) is 4.19. The van der Waals surface area contributed by atoms with Gasteiger partial charge in [-0.1, -0.05) is 72.0 Å². The van der Waals surface area contributed by atoms with Crippen LogP contribution < -0.4 is 10.9 Å². The number of nitrogens with zero attached hydrogens (tertiary/aromatic N) is 1. The molecule has 1 fully saturated rings. The molecule has 1 heterocycles. The van der Waals surface area contributed by atoms with Gasteiger partial charge < -0.3 is 0 Å². The molecule has 0 aliphatic carbocycles. The molecule has 144 valence electrons. The Morgan fingerprint density at radius 3 is 2.43 bits per heavy atom. The average molecular weight is 414 g/mol. The highest BCUT2D eigenvalue weighted by Crippen LogP contribution is 2.30. The Morgan fingerprint density at radius 2 is 1.75 bits per heavy atom. The van der Waals surface area contributed by atoms with E-state index in [1.807, 2.05) is 49.4 Å². The van der Waals surface area contributed by atoms with E-state index in [2.05, 4.69) is 10.9 Å². The predicted molar refractivity (Wildman–Crippen MR) is 112 cm³/mol. The number of thiocarbonyl (C=S) groups is 1. The molecule has 1 atom stereocenters. The van der Waals surface area contributed by atoms with Gasteiger partial charge in [-0.15, -0.1) is 0 Å². The summed E-state index contributed by atoms with van der Waals surface area (Å²) in [6.45, 7) is 2.30. The van der Waals surface area contributed by atoms with Gasteiger partial charge in [0.05, 0.1) is 11.8 Å². The van der Waals surface area contributed by atoms with E-state index in [9.17, 15) is 14.4 Å². The lowest BCUT2D eigenvalue weighted by molar-refractivity contribution is -0.129. The highest BCUT2D eigenvalue weighted by molar-refractivity contribution is 8.24. The molecule has 8 heteroatoms. The number of hydrogen-bond acceptors (Lipinski definition) is 5. The molecule has 2 N–H and O–H groups in total. The second kappa shape index (κ2) is 8.99. The Balaban J connectivity index is 1.51. The molecule has 6 nitrogen and oxygen atoms in total. The van der Waals surface area contributed by atoms with Crippen molar-refractivity contribution < 1.29 is 14.4 Å². The van der Waals surface area contributed by atoms with E-state index in [0.29, 0.717) is 16.4 Å². The molecule has 1 aliphatic rings. The van der Waals surface area contributed by atoms with Crippen LogP contribution >= 0.6 is 24.0 Å². The standard InChI is InChI=1S/C20H19N3O3S2/c1-13-7-9-15(10-8-13)18(25)22-21-17(24)11-16-19(26)23(20(27)28-16)12-14-5-3-2-4-6-14/h2-10,16H,11-12H2,1H3,(H,21,24)(H,22,25)/t16-/m1/s1. The van der Waals surface area contributed by atoms with E-state index in [4.69, 9.17) is 12.2 Å². The van der Waals surface area contributed by atoms with Crippen molar-refractivity contribution in [2.45, 2.75) is 25.1 Å². The number of carbonyl (C=O) groups is 3. The van der Waals surface area contributed by atoms with Gasteiger partial charge in [0.1, 0.15) is 4.32 Å². The van der Waals surface area contributed by atoms with Crippen molar-refractivity contribution in [2.75, 3.05) is 0 Å². The van der Waals surface area contributed by atoms with Gasteiger partial charge in [-0.25, -0.2) is 0 Å². The molecular weight excluding hydrogens is 394 g/mol. The molecule has 0 radical (unpaired) electrons. The molecule has 0 unspecified atom stereocenters. The van der Waals surface area contributed by atoms with Gasteiger partial charge in [0.25, 0.3) is 5.91 Å². The SMILES string of the molecule is Cc1ccc(C(=O)NNC(=O)C[C@H]2SC(=S)N(Cc3ccccc3)C2=O)cc1. The number of thioether (sulfide) groups is 1. The van der Waals surface area contributed by atoms with Crippen LogP contribution in [0.3, 0.4) is 0 Å². The van der Waals surface area contributed by atoms with E-state index >= 15 is 0 Å². The molecule has 28 heavy (non-hydrogen) atoms. The fourth-order valence-electron chi connectivity index (χ4n) is 2.66. The van der Waals surface area contributed by atoms with Crippen molar-refractivity contribution in [1.82, 2.24) is 15.8 Å². The lowest BCUT2D eigenvalue weighted by Gasteiger charge is -2.15. The average Bonchev–Trinajstić information content (AvgIpc) is 2.95. The summed E-state index contributed by atoms with van der Waals surface area (Å²) in [6.07, 6.45) is -0.0664. The maximum Gasteiger partial charge on any atom is 0.269 e. The molecular formula is C20H19N3O3S2. The first-order chi connectivity index (χ1) is 13.4. The van der Waals surface area contributed by atoms with Gasteiger partial charge in [-0.3, -0.25) is 30.1 Å². The largest absolute Gasteiger partial charge is 0.292 e. The Labute approximate surface area is 172 Å². The van der Waals surface area contributed by atoms with Crippen LogP contribution in [-0.2, 0) is 16.1 Å². The second-order valence-electron chi connectivity index (χ2n) is 6.35. The van der Waals surface area contributed by atoms with Crippen LogP contribution in [0.5, 0.6) is 0 Å². The van der Waals surface area contributed by atoms with E-state index in [0.717, 1.165) is 11.1 Å². The molecule has 0 bridgehead atoms. The molecule has 2 aromatic rings. The van der Waals surface area contributed by atoms with Crippen LogP contribution in [0.1, 0.15) is 27.9 Å². The summed E-state index contributed by atoms with van der Waals surface area (Å²) in [7, 11) is 0. The van der Waals surface area contributed by atoms with Gasteiger partial charge in [0, 0.05) is 12.0 Å². The number of carbonyl (C=O) groups excluding carboxylic acids is 3. The Hall–Kier alpha value is -2.71. The Bertz CT molecular complexity index is 901. The molecule has 0 spiro atoms. The van der Waals surface area contributed by atoms with Crippen molar-refractivity contribution in [3.05, 3.63) is 71.3 Å².